The van der Waals surface area contributed by atoms with E-state index in [9.17, 15) is 9.59 Å². The Balaban J connectivity index is 1.58. The van der Waals surface area contributed by atoms with Gasteiger partial charge < -0.3 is 10.0 Å². The van der Waals surface area contributed by atoms with Crippen molar-refractivity contribution in [2.24, 2.45) is 5.10 Å². The second-order valence-corrected chi connectivity index (χ2v) is 7.35. The first-order valence-electron chi connectivity index (χ1n) is 10.7. The molecule has 3 aromatic carbocycles. The maximum Gasteiger partial charge on any atom is 0.303 e. The van der Waals surface area contributed by atoms with Gasteiger partial charge in [0.15, 0.2) is 0 Å². The molecular formula is C26H27N3O3. The zero-order chi connectivity index (χ0) is 22.6. The van der Waals surface area contributed by atoms with E-state index in [1.807, 2.05) is 60.7 Å². The molecular weight excluding hydrogens is 402 g/mol. The average Bonchev–Trinajstić information content (AvgIpc) is 2.81. The number of hydrazone groups is 1. The zero-order valence-corrected chi connectivity index (χ0v) is 17.9. The molecule has 0 unspecified atom stereocenters. The fourth-order valence-electron chi connectivity index (χ4n) is 3.28. The summed E-state index contributed by atoms with van der Waals surface area (Å²) in [4.78, 5) is 24.5. The lowest BCUT2D eigenvalue weighted by Crippen LogP contribution is -2.17. The molecule has 2 N–H and O–H groups in total. The first-order chi connectivity index (χ1) is 15.6. The molecule has 0 radical (unpaired) electrons. The lowest BCUT2D eigenvalue weighted by Gasteiger charge is -2.25. The van der Waals surface area contributed by atoms with Crippen molar-refractivity contribution in [1.82, 2.24) is 5.43 Å². The highest BCUT2D eigenvalue weighted by atomic mass is 16.4. The predicted octanol–water partition coefficient (Wildman–Crippen LogP) is 5.64. The van der Waals surface area contributed by atoms with E-state index >= 15 is 0 Å². The Morgan fingerprint density at radius 2 is 1.28 bits per heavy atom. The van der Waals surface area contributed by atoms with Crippen molar-refractivity contribution < 1.29 is 14.7 Å². The minimum atomic E-state index is -0.805. The highest BCUT2D eigenvalue weighted by Crippen LogP contribution is 2.33. The first-order valence-corrected chi connectivity index (χ1v) is 10.7. The fourth-order valence-corrected chi connectivity index (χ4v) is 3.28. The summed E-state index contributed by atoms with van der Waals surface area (Å²) in [7, 11) is 0. The minimum Gasteiger partial charge on any atom is -0.481 e. The van der Waals surface area contributed by atoms with Gasteiger partial charge in [-0.2, -0.15) is 5.10 Å². The van der Waals surface area contributed by atoms with Crippen LogP contribution in [0.2, 0.25) is 0 Å². The van der Waals surface area contributed by atoms with E-state index in [1.54, 1.807) is 6.21 Å². The minimum absolute atomic E-state index is 0.141. The molecule has 0 atom stereocenters. The van der Waals surface area contributed by atoms with Crippen LogP contribution in [0.1, 0.15) is 37.7 Å². The summed E-state index contributed by atoms with van der Waals surface area (Å²) in [5.74, 6) is -0.978. The van der Waals surface area contributed by atoms with E-state index in [0.717, 1.165) is 22.6 Å². The number of unbranched alkanes of at least 4 members (excludes halogenated alkanes) is 2. The lowest BCUT2D eigenvalue weighted by molar-refractivity contribution is -0.137. The highest BCUT2D eigenvalue weighted by molar-refractivity contribution is 5.84. The van der Waals surface area contributed by atoms with Crippen LogP contribution in [0, 0.1) is 0 Å². The number of carbonyl (C=O) groups excluding carboxylic acids is 1. The van der Waals surface area contributed by atoms with Gasteiger partial charge in [-0.15, -0.1) is 0 Å². The third-order valence-corrected chi connectivity index (χ3v) is 4.88. The predicted molar refractivity (Wildman–Crippen MR) is 128 cm³/mol. The number of carboxylic acids is 1. The molecule has 0 bridgehead atoms. The summed E-state index contributed by atoms with van der Waals surface area (Å²) in [5.41, 5.74) is 6.54. The maximum absolute atomic E-state index is 11.8. The number of carbonyl (C=O) groups is 2. The van der Waals surface area contributed by atoms with Crippen LogP contribution in [0.4, 0.5) is 17.1 Å². The molecule has 3 aromatic rings. The monoisotopic (exact) mass is 429 g/mol. The number of carboxylic acid groups (broad SMARTS) is 1. The Bertz CT molecular complexity index is 980. The van der Waals surface area contributed by atoms with Gasteiger partial charge in [-0.05, 0) is 54.8 Å². The highest BCUT2D eigenvalue weighted by Gasteiger charge is 2.11. The van der Waals surface area contributed by atoms with Crippen molar-refractivity contribution in [2.75, 3.05) is 4.90 Å². The standard InChI is InChI=1S/C26H27N3O3/c30-25(14-8-3-9-15-26(31)32)28-27-20-21-16-18-24(19-17-21)29(22-10-4-1-5-11-22)23-12-6-2-7-13-23/h1-2,4-7,10-13,16-20H,3,8-9,14-15H2,(H,28,30)(H,31,32)/b27-20+. The number of anilines is 3. The van der Waals surface area contributed by atoms with Crippen molar-refractivity contribution in [3.63, 3.8) is 0 Å². The van der Waals surface area contributed by atoms with Crippen LogP contribution in [0.5, 0.6) is 0 Å². The lowest BCUT2D eigenvalue weighted by atomic mass is 10.1. The van der Waals surface area contributed by atoms with Gasteiger partial charge in [0.25, 0.3) is 0 Å². The van der Waals surface area contributed by atoms with Crippen LogP contribution >= 0.6 is 0 Å². The molecule has 0 saturated carbocycles. The van der Waals surface area contributed by atoms with Crippen LogP contribution in [-0.2, 0) is 9.59 Å². The van der Waals surface area contributed by atoms with Gasteiger partial charge >= 0.3 is 5.97 Å². The molecule has 3 rings (SSSR count). The van der Waals surface area contributed by atoms with E-state index in [4.69, 9.17) is 5.11 Å². The van der Waals surface area contributed by atoms with Crippen LogP contribution < -0.4 is 10.3 Å². The quantitative estimate of drug-likeness (QED) is 0.235. The van der Waals surface area contributed by atoms with Gasteiger partial charge in [0.1, 0.15) is 0 Å². The van der Waals surface area contributed by atoms with Crippen LogP contribution in [0.15, 0.2) is 90.0 Å². The third-order valence-electron chi connectivity index (χ3n) is 4.88. The molecule has 0 saturated heterocycles. The summed E-state index contributed by atoms with van der Waals surface area (Å²) in [5, 5.41) is 12.6. The van der Waals surface area contributed by atoms with E-state index in [1.165, 1.54) is 0 Å². The molecule has 0 aliphatic rings. The van der Waals surface area contributed by atoms with E-state index in [2.05, 4.69) is 39.7 Å². The molecule has 0 aliphatic heterocycles. The summed E-state index contributed by atoms with van der Waals surface area (Å²) in [6.45, 7) is 0. The fraction of sp³-hybridized carbons (Fsp3) is 0.192. The zero-order valence-electron chi connectivity index (χ0n) is 17.9. The molecule has 164 valence electrons. The number of hydrogen-bond acceptors (Lipinski definition) is 4. The number of nitrogens with one attached hydrogen (secondary N) is 1. The van der Waals surface area contributed by atoms with Crippen LogP contribution in [0.25, 0.3) is 0 Å². The molecule has 1 amide bonds. The largest absolute Gasteiger partial charge is 0.481 e. The van der Waals surface area contributed by atoms with E-state index < -0.39 is 5.97 Å². The van der Waals surface area contributed by atoms with Crippen LogP contribution in [-0.4, -0.2) is 23.2 Å². The van der Waals surface area contributed by atoms with E-state index in [0.29, 0.717) is 25.7 Å². The first kappa shape index (κ1) is 22.7. The van der Waals surface area contributed by atoms with Gasteiger partial charge in [0.2, 0.25) is 5.91 Å². The summed E-state index contributed by atoms with van der Waals surface area (Å²) >= 11 is 0. The molecule has 32 heavy (non-hydrogen) atoms. The molecule has 0 aromatic heterocycles. The summed E-state index contributed by atoms with van der Waals surface area (Å²) < 4.78 is 0. The number of para-hydroxylation sites is 2. The van der Waals surface area contributed by atoms with Crippen molar-refractivity contribution >= 4 is 35.2 Å². The van der Waals surface area contributed by atoms with Gasteiger partial charge in [0, 0.05) is 29.9 Å². The molecule has 0 aliphatic carbocycles. The smallest absolute Gasteiger partial charge is 0.303 e. The number of aliphatic carboxylic acids is 1. The number of nitrogens with zero attached hydrogens (tertiary/aromatic N) is 2. The molecule has 6 heteroatoms. The summed E-state index contributed by atoms with van der Waals surface area (Å²) in [6.07, 6.45) is 4.03. The van der Waals surface area contributed by atoms with Gasteiger partial charge in [-0.3, -0.25) is 9.59 Å². The number of benzene rings is 3. The average molecular weight is 430 g/mol. The Kier molecular flexibility index (Phi) is 8.57. The molecule has 0 heterocycles. The Morgan fingerprint density at radius 1 is 0.750 bits per heavy atom. The second-order valence-electron chi connectivity index (χ2n) is 7.35. The Hall–Kier alpha value is -3.93. The van der Waals surface area contributed by atoms with Crippen LogP contribution in [0.3, 0.4) is 0 Å². The van der Waals surface area contributed by atoms with Crippen molar-refractivity contribution in [3.05, 3.63) is 90.5 Å². The van der Waals surface area contributed by atoms with Gasteiger partial charge in [-0.25, -0.2) is 5.43 Å². The third kappa shape index (κ3) is 7.09. The van der Waals surface area contributed by atoms with Crippen molar-refractivity contribution in [3.8, 4) is 0 Å². The SMILES string of the molecule is O=C(O)CCCCCC(=O)N/N=C/c1ccc(N(c2ccccc2)c2ccccc2)cc1. The van der Waals surface area contributed by atoms with Crippen molar-refractivity contribution in [1.29, 1.82) is 0 Å². The molecule has 6 nitrogen and oxygen atoms in total. The Labute approximate surface area is 188 Å². The normalized spacial score (nSPS) is 10.8. The number of rotatable bonds is 11. The van der Waals surface area contributed by atoms with Crippen molar-refractivity contribution in [2.45, 2.75) is 32.1 Å². The van der Waals surface area contributed by atoms with Gasteiger partial charge in [-0.1, -0.05) is 55.0 Å². The van der Waals surface area contributed by atoms with Gasteiger partial charge in [0.05, 0.1) is 6.21 Å². The second kappa shape index (κ2) is 12.1. The summed E-state index contributed by atoms with van der Waals surface area (Å²) in [6, 6.07) is 28.3. The molecule has 0 fully saturated rings. The van der Waals surface area contributed by atoms with E-state index in [-0.39, 0.29) is 12.3 Å². The number of hydrogen-bond donors (Lipinski definition) is 2. The maximum atomic E-state index is 11.8. The topological polar surface area (TPSA) is 82.0 Å². The Morgan fingerprint density at radius 3 is 1.84 bits per heavy atom. The molecule has 0 spiro atoms. The number of amides is 1.